The molecule has 17 heavy (non-hydrogen) atoms. The molecule has 1 aromatic heterocycles. The summed E-state index contributed by atoms with van der Waals surface area (Å²) in [5.74, 6) is -6.31. The Balaban J connectivity index is 2.76. The summed E-state index contributed by atoms with van der Waals surface area (Å²) in [6.07, 6.45) is 1.13. The highest BCUT2D eigenvalue weighted by molar-refractivity contribution is 5.86. The van der Waals surface area contributed by atoms with E-state index in [0.29, 0.717) is 5.69 Å². The minimum absolute atomic E-state index is 0.241. The Morgan fingerprint density at radius 2 is 1.59 bits per heavy atom. The lowest BCUT2D eigenvalue weighted by molar-refractivity contribution is 0.396. The first-order valence-corrected chi connectivity index (χ1v) is 4.90. The molecule has 6 heteroatoms. The number of H-pyrrole nitrogens is 1. The van der Waals surface area contributed by atoms with E-state index in [4.69, 9.17) is 0 Å². The third-order valence-corrected chi connectivity index (χ3v) is 2.47. The average Bonchev–Trinajstić information content (AvgIpc) is 2.66. The van der Waals surface area contributed by atoms with Gasteiger partial charge in [-0.05, 0) is 14.1 Å². The van der Waals surface area contributed by atoms with Crippen molar-refractivity contribution in [3.05, 3.63) is 35.2 Å². The molecule has 1 aromatic carbocycles. The number of aromatic amines is 1. The maximum atomic E-state index is 13.6. The van der Waals surface area contributed by atoms with E-state index >= 15 is 0 Å². The molecular weight excluding hydrogens is 236 g/mol. The van der Waals surface area contributed by atoms with Gasteiger partial charge in [-0.25, -0.2) is 17.6 Å². The molecule has 0 saturated heterocycles. The summed E-state index contributed by atoms with van der Waals surface area (Å²) >= 11 is 0. The number of fused-ring (bicyclic) bond motifs is 1. The fourth-order valence-electron chi connectivity index (χ4n) is 1.75. The van der Waals surface area contributed by atoms with E-state index in [9.17, 15) is 17.6 Å². The van der Waals surface area contributed by atoms with Gasteiger partial charge in [0.2, 0.25) is 0 Å². The Kier molecular flexibility index (Phi) is 2.82. The summed E-state index contributed by atoms with van der Waals surface area (Å²) in [5, 5.41) is -0.520. The average molecular weight is 246 g/mol. The summed E-state index contributed by atoms with van der Waals surface area (Å²) in [6.45, 7) is 0.269. The molecule has 0 aliphatic rings. The number of nitrogens with zero attached hydrogens (tertiary/aromatic N) is 1. The van der Waals surface area contributed by atoms with Crippen molar-refractivity contribution in [3.8, 4) is 0 Å². The topological polar surface area (TPSA) is 19.0 Å². The van der Waals surface area contributed by atoms with Crippen molar-refractivity contribution >= 4 is 10.8 Å². The van der Waals surface area contributed by atoms with Gasteiger partial charge in [0.25, 0.3) is 0 Å². The van der Waals surface area contributed by atoms with Crippen LogP contribution in [0.4, 0.5) is 17.6 Å². The predicted octanol–water partition coefficient (Wildman–Crippen LogP) is 2.79. The highest BCUT2D eigenvalue weighted by Crippen LogP contribution is 2.29. The van der Waals surface area contributed by atoms with Crippen molar-refractivity contribution in [2.75, 3.05) is 14.1 Å². The molecule has 2 aromatic rings. The third kappa shape index (κ3) is 1.78. The summed E-state index contributed by atoms with van der Waals surface area (Å²) in [7, 11) is 3.45. The van der Waals surface area contributed by atoms with E-state index in [0.717, 1.165) is 6.20 Å². The first-order chi connectivity index (χ1) is 7.93. The van der Waals surface area contributed by atoms with Crippen molar-refractivity contribution in [2.45, 2.75) is 6.54 Å². The van der Waals surface area contributed by atoms with Gasteiger partial charge in [0.15, 0.2) is 23.3 Å². The van der Waals surface area contributed by atoms with Gasteiger partial charge < -0.3 is 9.88 Å². The largest absolute Gasteiger partial charge is 0.363 e. The lowest BCUT2D eigenvalue weighted by atomic mass is 10.1. The maximum Gasteiger partial charge on any atom is 0.198 e. The number of nitrogens with one attached hydrogen (secondary N) is 1. The van der Waals surface area contributed by atoms with E-state index in [1.807, 2.05) is 0 Å². The second kappa shape index (κ2) is 4.03. The zero-order valence-corrected chi connectivity index (χ0v) is 9.24. The molecule has 0 fully saturated rings. The summed E-state index contributed by atoms with van der Waals surface area (Å²) in [5.41, 5.74) is 0.306. The number of aromatic nitrogens is 1. The standard InChI is InChI=1S/C11H10F4N2/c1-17(2)4-6-7-5(3-16-6)8(12)10(14)11(15)9(7)13/h3,16H,4H2,1-2H3. The molecule has 0 spiro atoms. The molecular formula is C11H10F4N2. The number of hydrogen-bond donors (Lipinski definition) is 1. The lowest BCUT2D eigenvalue weighted by Gasteiger charge is -2.09. The summed E-state index contributed by atoms with van der Waals surface area (Å²) in [6, 6.07) is 0. The van der Waals surface area contributed by atoms with E-state index in [2.05, 4.69) is 4.98 Å². The maximum absolute atomic E-state index is 13.6. The Labute approximate surface area is 94.8 Å². The Hall–Kier alpha value is -1.56. The third-order valence-electron chi connectivity index (χ3n) is 2.47. The quantitative estimate of drug-likeness (QED) is 0.490. The van der Waals surface area contributed by atoms with Crippen LogP contribution in [0.1, 0.15) is 5.69 Å². The molecule has 0 saturated carbocycles. The fourth-order valence-corrected chi connectivity index (χ4v) is 1.75. The molecule has 1 N–H and O–H groups in total. The minimum Gasteiger partial charge on any atom is -0.363 e. The molecule has 1 heterocycles. The molecule has 0 radical (unpaired) electrons. The highest BCUT2D eigenvalue weighted by atomic mass is 19.2. The number of benzene rings is 1. The van der Waals surface area contributed by atoms with Gasteiger partial charge in [0.1, 0.15) is 0 Å². The van der Waals surface area contributed by atoms with Crippen LogP contribution in [0.5, 0.6) is 0 Å². The van der Waals surface area contributed by atoms with E-state index < -0.39 is 23.3 Å². The molecule has 0 aliphatic carbocycles. The highest BCUT2D eigenvalue weighted by Gasteiger charge is 2.23. The molecule has 0 bridgehead atoms. The van der Waals surface area contributed by atoms with Crippen LogP contribution in [0.15, 0.2) is 6.20 Å². The minimum atomic E-state index is -1.79. The van der Waals surface area contributed by atoms with Crippen LogP contribution in [0.2, 0.25) is 0 Å². The zero-order valence-electron chi connectivity index (χ0n) is 9.24. The number of halogens is 4. The zero-order chi connectivity index (χ0) is 12.7. The van der Waals surface area contributed by atoms with Crippen LogP contribution in [0, 0.1) is 23.3 Å². The monoisotopic (exact) mass is 246 g/mol. The first kappa shape index (κ1) is 11.9. The second-order valence-corrected chi connectivity index (χ2v) is 4.05. The van der Waals surface area contributed by atoms with Gasteiger partial charge in [-0.3, -0.25) is 0 Å². The Bertz CT molecular complexity index is 575. The number of hydrogen-bond acceptors (Lipinski definition) is 1. The van der Waals surface area contributed by atoms with E-state index in [1.165, 1.54) is 0 Å². The molecule has 0 atom stereocenters. The van der Waals surface area contributed by atoms with Gasteiger partial charge in [0.05, 0.1) is 0 Å². The normalized spacial score (nSPS) is 11.7. The van der Waals surface area contributed by atoms with Crippen molar-refractivity contribution in [3.63, 3.8) is 0 Å². The summed E-state index contributed by atoms with van der Waals surface area (Å²) < 4.78 is 53.0. The molecule has 0 aliphatic heterocycles. The SMILES string of the molecule is CN(C)Cc1[nH]cc2c(F)c(F)c(F)c(F)c12. The van der Waals surface area contributed by atoms with E-state index in [1.54, 1.807) is 19.0 Å². The molecule has 2 nitrogen and oxygen atoms in total. The van der Waals surface area contributed by atoms with Crippen molar-refractivity contribution in [1.82, 2.24) is 9.88 Å². The molecule has 92 valence electrons. The second-order valence-electron chi connectivity index (χ2n) is 4.05. The lowest BCUT2D eigenvalue weighted by Crippen LogP contribution is -2.11. The molecule has 2 rings (SSSR count). The Morgan fingerprint density at radius 1 is 1.00 bits per heavy atom. The van der Waals surface area contributed by atoms with Crippen LogP contribution >= 0.6 is 0 Å². The Morgan fingerprint density at radius 3 is 2.18 bits per heavy atom. The van der Waals surface area contributed by atoms with Crippen LogP contribution in [-0.2, 0) is 6.54 Å². The fraction of sp³-hybridized carbons (Fsp3) is 0.273. The first-order valence-electron chi connectivity index (χ1n) is 4.90. The van der Waals surface area contributed by atoms with E-state index in [-0.39, 0.29) is 17.3 Å². The van der Waals surface area contributed by atoms with Crippen molar-refractivity contribution in [2.24, 2.45) is 0 Å². The van der Waals surface area contributed by atoms with Crippen LogP contribution < -0.4 is 0 Å². The summed E-state index contributed by atoms with van der Waals surface area (Å²) in [4.78, 5) is 4.32. The smallest absolute Gasteiger partial charge is 0.198 e. The van der Waals surface area contributed by atoms with Crippen LogP contribution in [0.3, 0.4) is 0 Å². The van der Waals surface area contributed by atoms with Gasteiger partial charge >= 0.3 is 0 Å². The van der Waals surface area contributed by atoms with Gasteiger partial charge in [-0.15, -0.1) is 0 Å². The van der Waals surface area contributed by atoms with Crippen molar-refractivity contribution < 1.29 is 17.6 Å². The molecule has 0 unspecified atom stereocenters. The van der Waals surface area contributed by atoms with Gasteiger partial charge in [0, 0.05) is 29.2 Å². The van der Waals surface area contributed by atoms with Gasteiger partial charge in [-0.1, -0.05) is 0 Å². The van der Waals surface area contributed by atoms with Crippen molar-refractivity contribution in [1.29, 1.82) is 0 Å². The molecule has 0 amide bonds. The van der Waals surface area contributed by atoms with Gasteiger partial charge in [-0.2, -0.15) is 0 Å². The van der Waals surface area contributed by atoms with Crippen LogP contribution in [0.25, 0.3) is 10.8 Å². The van der Waals surface area contributed by atoms with Crippen LogP contribution in [-0.4, -0.2) is 24.0 Å². The number of rotatable bonds is 2. The predicted molar refractivity (Wildman–Crippen MR) is 55.5 cm³/mol.